The second-order valence-electron chi connectivity index (χ2n) is 7.69. The number of sulfonamides is 1. The van der Waals surface area contributed by atoms with Crippen LogP contribution in [-0.2, 0) is 27.7 Å². The van der Waals surface area contributed by atoms with Crippen molar-refractivity contribution in [2.75, 3.05) is 11.9 Å². The van der Waals surface area contributed by atoms with Gasteiger partial charge in [0.2, 0.25) is 10.0 Å². The van der Waals surface area contributed by atoms with Crippen molar-refractivity contribution in [3.05, 3.63) is 65.9 Å². The number of unbranched alkanes of at least 4 members (excludes halogenated alkanes) is 2. The van der Waals surface area contributed by atoms with Crippen molar-refractivity contribution in [3.8, 4) is 0 Å². The number of aromatic nitrogens is 1. The number of hydrogen-bond donors (Lipinski definition) is 3. The zero-order valence-electron chi connectivity index (χ0n) is 17.5. The summed E-state index contributed by atoms with van der Waals surface area (Å²) in [5.41, 5.74) is 2.55. The summed E-state index contributed by atoms with van der Waals surface area (Å²) in [7, 11) is -3.87. The number of fused-ring (bicyclic) bond motifs is 1. The minimum atomic E-state index is -3.87. The van der Waals surface area contributed by atoms with Gasteiger partial charge in [-0.1, -0.05) is 30.4 Å². The molecule has 0 bridgehead atoms. The maximum Gasteiger partial charge on any atom is 0.322 e. The molecule has 0 aliphatic carbocycles. The Balaban J connectivity index is 1.41. The first kappa shape index (κ1) is 23.0. The molecule has 0 spiro atoms. The highest BCUT2D eigenvalue weighted by Crippen LogP contribution is 2.17. The molecule has 1 atom stereocenters. The van der Waals surface area contributed by atoms with Gasteiger partial charge in [-0.15, -0.1) is 0 Å². The molecular formula is C23H30N3O4S+. The fourth-order valence-electron chi connectivity index (χ4n) is 3.55. The molecule has 166 valence electrons. The van der Waals surface area contributed by atoms with Gasteiger partial charge in [-0.25, -0.2) is 13.4 Å². The summed E-state index contributed by atoms with van der Waals surface area (Å²) < 4.78 is 26.9. The van der Waals surface area contributed by atoms with Gasteiger partial charge in [-0.05, 0) is 62.8 Å². The Bertz CT molecular complexity index is 1010. The smallest absolute Gasteiger partial charge is 0.322 e. The number of nitrogens with one attached hydrogen (secondary N) is 3. The summed E-state index contributed by atoms with van der Waals surface area (Å²) in [4.78, 5) is 15.0. The number of rotatable bonds is 11. The molecule has 2 aromatic rings. The van der Waals surface area contributed by atoms with E-state index in [0.717, 1.165) is 44.5 Å². The summed E-state index contributed by atoms with van der Waals surface area (Å²) in [5, 5.41) is 12.8. The van der Waals surface area contributed by atoms with Crippen LogP contribution in [0.1, 0.15) is 43.4 Å². The van der Waals surface area contributed by atoms with E-state index >= 15 is 0 Å². The standard InChI is InChI=1S/C23H29N3O4S/c27-23(28)21(26-31(29,30)20-12-6-4-7-13-20)14-8-3-1-2-5-11-19-16-15-18-10-9-17-24-22(18)25-19/h3-4,6-8,12-13,15-16,21,26H,1-2,5,9-11,14,17H2,(H,24,25)(H,27,28)/p+1. The van der Waals surface area contributed by atoms with Crippen LogP contribution in [-0.4, -0.2) is 32.1 Å². The van der Waals surface area contributed by atoms with Gasteiger partial charge in [0.1, 0.15) is 11.7 Å². The topological polar surface area (TPSA) is 110 Å². The van der Waals surface area contributed by atoms with Crippen molar-refractivity contribution in [2.24, 2.45) is 0 Å². The van der Waals surface area contributed by atoms with Crippen LogP contribution in [0.25, 0.3) is 0 Å². The molecule has 0 saturated carbocycles. The van der Waals surface area contributed by atoms with Gasteiger partial charge in [0.25, 0.3) is 5.82 Å². The predicted octanol–water partition coefficient (Wildman–Crippen LogP) is 2.95. The number of hydrogen-bond acceptors (Lipinski definition) is 4. The average Bonchev–Trinajstić information content (AvgIpc) is 2.78. The number of H-pyrrole nitrogens is 1. The number of carbonyl (C=O) groups is 1. The van der Waals surface area contributed by atoms with Crippen LogP contribution in [0.2, 0.25) is 0 Å². The number of pyridine rings is 1. The highest BCUT2D eigenvalue weighted by molar-refractivity contribution is 7.89. The Morgan fingerprint density at radius 3 is 2.74 bits per heavy atom. The molecule has 8 heteroatoms. The predicted molar refractivity (Wildman–Crippen MR) is 119 cm³/mol. The molecule has 0 radical (unpaired) electrons. The maximum absolute atomic E-state index is 12.3. The fourth-order valence-corrected chi connectivity index (χ4v) is 4.78. The molecule has 1 aliphatic rings. The largest absolute Gasteiger partial charge is 0.480 e. The van der Waals surface area contributed by atoms with E-state index in [2.05, 4.69) is 27.2 Å². The van der Waals surface area contributed by atoms with E-state index in [9.17, 15) is 18.3 Å². The average molecular weight is 445 g/mol. The minimum Gasteiger partial charge on any atom is -0.480 e. The van der Waals surface area contributed by atoms with Crippen molar-refractivity contribution < 1.29 is 23.3 Å². The molecule has 7 nitrogen and oxygen atoms in total. The van der Waals surface area contributed by atoms with Gasteiger partial charge in [-0.2, -0.15) is 4.72 Å². The van der Waals surface area contributed by atoms with Gasteiger partial charge >= 0.3 is 5.97 Å². The van der Waals surface area contributed by atoms with Crippen LogP contribution in [0.5, 0.6) is 0 Å². The highest BCUT2D eigenvalue weighted by Gasteiger charge is 2.24. The number of carboxylic acid groups (broad SMARTS) is 1. The van der Waals surface area contributed by atoms with Crippen LogP contribution < -0.4 is 15.0 Å². The van der Waals surface area contributed by atoms with Crippen LogP contribution in [0, 0.1) is 0 Å². The third-order valence-corrected chi connectivity index (χ3v) is 6.76. The van der Waals surface area contributed by atoms with Gasteiger partial charge < -0.3 is 5.11 Å². The molecule has 4 N–H and O–H groups in total. The van der Waals surface area contributed by atoms with Crippen LogP contribution in [0.3, 0.4) is 0 Å². The van der Waals surface area contributed by atoms with Crippen molar-refractivity contribution >= 4 is 21.8 Å². The zero-order chi connectivity index (χ0) is 22.1. The Hall–Kier alpha value is -2.71. The Kier molecular flexibility index (Phi) is 8.20. The molecule has 0 saturated heterocycles. The van der Waals surface area contributed by atoms with E-state index in [-0.39, 0.29) is 11.3 Å². The lowest BCUT2D eigenvalue weighted by molar-refractivity contribution is -0.374. The van der Waals surface area contributed by atoms with E-state index in [1.807, 2.05) is 6.08 Å². The fraction of sp³-hybridized carbons (Fsp3) is 0.391. The minimum absolute atomic E-state index is 0.0550. The van der Waals surface area contributed by atoms with Crippen molar-refractivity contribution in [3.63, 3.8) is 0 Å². The Morgan fingerprint density at radius 1 is 1.16 bits per heavy atom. The quantitative estimate of drug-likeness (QED) is 0.365. The molecule has 1 aromatic carbocycles. The molecule has 1 aromatic heterocycles. The normalized spacial score (nSPS) is 14.7. The summed E-state index contributed by atoms with van der Waals surface area (Å²) in [6, 6.07) is 10.9. The number of aliphatic carboxylic acids is 1. The molecule has 1 aliphatic heterocycles. The second kappa shape index (κ2) is 11.1. The monoisotopic (exact) mass is 444 g/mol. The number of benzene rings is 1. The Labute approximate surface area is 183 Å². The van der Waals surface area contributed by atoms with Gasteiger partial charge in [0.05, 0.1) is 11.4 Å². The third kappa shape index (κ3) is 6.90. The molecule has 0 fully saturated rings. The lowest BCUT2D eigenvalue weighted by atomic mass is 10.1. The second-order valence-corrected chi connectivity index (χ2v) is 9.41. The zero-order valence-corrected chi connectivity index (χ0v) is 18.3. The van der Waals surface area contributed by atoms with Crippen LogP contribution in [0.4, 0.5) is 5.82 Å². The molecule has 31 heavy (non-hydrogen) atoms. The lowest BCUT2D eigenvalue weighted by Gasteiger charge is -2.13. The first-order valence-electron chi connectivity index (χ1n) is 10.7. The Morgan fingerprint density at radius 2 is 1.97 bits per heavy atom. The summed E-state index contributed by atoms with van der Waals surface area (Å²) in [6.45, 7) is 1.01. The SMILES string of the molecule is O=C(O)C(CC=CCCCCc1ccc2c([nH+]1)NCCC2)NS(=O)(=O)c1ccccc1. The lowest BCUT2D eigenvalue weighted by Crippen LogP contribution is -2.40. The number of anilines is 1. The third-order valence-electron chi connectivity index (χ3n) is 5.27. The molecule has 2 heterocycles. The van der Waals surface area contributed by atoms with Gasteiger partial charge in [0.15, 0.2) is 0 Å². The summed E-state index contributed by atoms with van der Waals surface area (Å²) in [5.74, 6) is -0.0537. The number of allylic oxidation sites excluding steroid dienone is 1. The number of aryl methyl sites for hydroxylation is 2. The first-order valence-corrected chi connectivity index (χ1v) is 12.2. The van der Waals surface area contributed by atoms with Crippen LogP contribution in [0.15, 0.2) is 59.5 Å². The van der Waals surface area contributed by atoms with Crippen molar-refractivity contribution in [2.45, 2.75) is 55.9 Å². The van der Waals surface area contributed by atoms with E-state index in [1.165, 1.54) is 29.8 Å². The van der Waals surface area contributed by atoms with E-state index in [4.69, 9.17) is 0 Å². The molecule has 3 rings (SSSR count). The van der Waals surface area contributed by atoms with E-state index in [0.29, 0.717) is 0 Å². The summed E-state index contributed by atoms with van der Waals surface area (Å²) >= 11 is 0. The van der Waals surface area contributed by atoms with Crippen LogP contribution >= 0.6 is 0 Å². The maximum atomic E-state index is 12.3. The highest BCUT2D eigenvalue weighted by atomic mass is 32.2. The van der Waals surface area contributed by atoms with Crippen molar-refractivity contribution in [1.82, 2.24) is 4.72 Å². The number of aromatic amines is 1. The molecular weight excluding hydrogens is 414 g/mol. The molecule has 1 unspecified atom stereocenters. The van der Waals surface area contributed by atoms with Gasteiger partial charge in [0, 0.05) is 12.0 Å². The van der Waals surface area contributed by atoms with E-state index in [1.54, 1.807) is 24.3 Å². The number of carboxylic acids is 1. The summed E-state index contributed by atoms with van der Waals surface area (Å²) in [6.07, 6.45) is 9.81. The first-order chi connectivity index (χ1) is 15.0. The molecule has 0 amide bonds. The van der Waals surface area contributed by atoms with E-state index < -0.39 is 22.0 Å². The van der Waals surface area contributed by atoms with Gasteiger partial charge in [-0.3, -0.25) is 10.1 Å². The van der Waals surface area contributed by atoms with Crippen molar-refractivity contribution in [1.29, 1.82) is 0 Å².